The lowest BCUT2D eigenvalue weighted by molar-refractivity contribution is -0.172. The molecule has 1 aliphatic heterocycles. The van der Waals surface area contributed by atoms with Crippen molar-refractivity contribution in [3.63, 3.8) is 0 Å². The first kappa shape index (κ1) is 28.6. The number of anilines is 2. The van der Waals surface area contributed by atoms with Crippen LogP contribution in [0.3, 0.4) is 0 Å². The van der Waals surface area contributed by atoms with Crippen LogP contribution in [0.15, 0.2) is 36.7 Å². The maximum atomic E-state index is 6.94. The number of fused-ring (bicyclic) bond motifs is 1. The molecule has 2 aromatic rings. The van der Waals surface area contributed by atoms with Crippen molar-refractivity contribution in [3.8, 4) is 0 Å². The molecule has 0 fully saturated rings. The highest BCUT2D eigenvalue weighted by Crippen LogP contribution is 2.42. The molecule has 0 saturated carbocycles. The van der Waals surface area contributed by atoms with Crippen molar-refractivity contribution in [1.82, 2.24) is 15.0 Å². The zero-order valence-electron chi connectivity index (χ0n) is 23.6. The van der Waals surface area contributed by atoms with E-state index in [1.54, 1.807) is 6.33 Å². The molecule has 0 bridgehead atoms. The minimum absolute atomic E-state index is 0.0829. The molecule has 0 radical (unpaired) electrons. The third-order valence-electron chi connectivity index (χ3n) is 7.66. The van der Waals surface area contributed by atoms with Gasteiger partial charge in [-0.2, -0.15) is 5.06 Å². The third kappa shape index (κ3) is 6.65. The molecule has 0 amide bonds. The Bertz CT molecular complexity index is 919. The van der Waals surface area contributed by atoms with Crippen LogP contribution in [0, 0.1) is 0 Å². The SMILES string of the molecule is CC(C)[Si](OC[C@H]1CNc2ncnc(N(C)Cc3ccccc3)c2CCCON1C)(C(C)C)C(C)C. The molecule has 0 unspecified atom stereocenters. The first-order valence-electron chi connectivity index (χ1n) is 13.5. The van der Waals surface area contributed by atoms with Gasteiger partial charge in [-0.15, -0.1) is 0 Å². The van der Waals surface area contributed by atoms with E-state index in [-0.39, 0.29) is 6.04 Å². The molecule has 2 heterocycles. The molecule has 1 atom stereocenters. The summed E-state index contributed by atoms with van der Waals surface area (Å²) in [4.78, 5) is 17.7. The van der Waals surface area contributed by atoms with Gasteiger partial charge in [-0.1, -0.05) is 71.9 Å². The highest BCUT2D eigenvalue weighted by molar-refractivity contribution is 6.77. The van der Waals surface area contributed by atoms with E-state index in [1.807, 2.05) is 18.2 Å². The van der Waals surface area contributed by atoms with Gasteiger partial charge in [0.2, 0.25) is 0 Å². The number of rotatable bonds is 9. The van der Waals surface area contributed by atoms with E-state index in [0.29, 0.717) is 36.4 Å². The van der Waals surface area contributed by atoms with Crippen molar-refractivity contribution < 1.29 is 9.26 Å². The number of hydrogen-bond donors (Lipinski definition) is 1. The minimum atomic E-state index is -1.97. The Morgan fingerprint density at radius 1 is 1.08 bits per heavy atom. The minimum Gasteiger partial charge on any atom is -0.414 e. The molecule has 200 valence electrons. The van der Waals surface area contributed by atoms with E-state index >= 15 is 0 Å². The number of nitrogens with zero attached hydrogens (tertiary/aromatic N) is 4. The summed E-state index contributed by atoms with van der Waals surface area (Å²) in [5, 5.41) is 5.62. The zero-order chi connectivity index (χ0) is 26.3. The first-order valence-corrected chi connectivity index (χ1v) is 15.6. The van der Waals surface area contributed by atoms with Gasteiger partial charge in [0.05, 0.1) is 19.3 Å². The lowest BCUT2D eigenvalue weighted by atomic mass is 10.1. The second kappa shape index (κ2) is 13.0. The highest BCUT2D eigenvalue weighted by Gasteiger charge is 2.45. The van der Waals surface area contributed by atoms with E-state index in [9.17, 15) is 0 Å². The van der Waals surface area contributed by atoms with Gasteiger partial charge in [-0.3, -0.25) is 4.84 Å². The number of nitrogens with one attached hydrogen (secondary N) is 1. The Kier molecular flexibility index (Phi) is 10.3. The summed E-state index contributed by atoms with van der Waals surface area (Å²) >= 11 is 0. The fraction of sp³-hybridized carbons (Fsp3) is 0.643. The smallest absolute Gasteiger partial charge is 0.200 e. The molecule has 7 nitrogen and oxygen atoms in total. The maximum absolute atomic E-state index is 6.94. The van der Waals surface area contributed by atoms with Gasteiger partial charge >= 0.3 is 0 Å². The van der Waals surface area contributed by atoms with E-state index in [0.717, 1.165) is 36.6 Å². The van der Waals surface area contributed by atoms with Crippen molar-refractivity contribution in [2.45, 2.75) is 83.6 Å². The molecule has 1 aromatic heterocycles. The summed E-state index contributed by atoms with van der Waals surface area (Å²) < 4.78 is 6.94. The van der Waals surface area contributed by atoms with Gasteiger partial charge in [0.15, 0.2) is 8.32 Å². The quantitative estimate of drug-likeness (QED) is 0.419. The Morgan fingerprint density at radius 3 is 2.39 bits per heavy atom. The normalized spacial score (nSPS) is 17.8. The molecular weight excluding hydrogens is 466 g/mol. The number of benzene rings is 1. The second-order valence-electron chi connectivity index (χ2n) is 11.0. The van der Waals surface area contributed by atoms with Gasteiger partial charge in [-0.05, 0) is 35.0 Å². The Morgan fingerprint density at radius 2 is 1.75 bits per heavy atom. The van der Waals surface area contributed by atoms with Gasteiger partial charge in [0, 0.05) is 32.7 Å². The van der Waals surface area contributed by atoms with Crippen LogP contribution < -0.4 is 10.2 Å². The number of aromatic nitrogens is 2. The maximum Gasteiger partial charge on any atom is 0.200 e. The van der Waals surface area contributed by atoms with Crippen LogP contribution in [0.2, 0.25) is 16.6 Å². The molecule has 0 spiro atoms. The molecule has 0 aliphatic carbocycles. The topological polar surface area (TPSA) is 62.8 Å². The Hall–Kier alpha value is -2.00. The van der Waals surface area contributed by atoms with Crippen LogP contribution in [0.25, 0.3) is 0 Å². The summed E-state index contributed by atoms with van der Waals surface area (Å²) in [6.07, 6.45) is 3.43. The summed E-state index contributed by atoms with van der Waals surface area (Å²) in [5.74, 6) is 1.89. The predicted octanol–water partition coefficient (Wildman–Crippen LogP) is 5.90. The van der Waals surface area contributed by atoms with Gasteiger partial charge < -0.3 is 14.6 Å². The molecule has 0 saturated heterocycles. The average molecular weight is 514 g/mol. The number of hydrogen-bond acceptors (Lipinski definition) is 7. The Balaban J connectivity index is 1.80. The van der Waals surface area contributed by atoms with Crippen molar-refractivity contribution >= 4 is 20.0 Å². The van der Waals surface area contributed by atoms with E-state index in [4.69, 9.17) is 9.26 Å². The van der Waals surface area contributed by atoms with Crippen LogP contribution in [0.5, 0.6) is 0 Å². The lowest BCUT2D eigenvalue weighted by Crippen LogP contribution is -2.51. The van der Waals surface area contributed by atoms with Gasteiger partial charge in [0.1, 0.15) is 18.0 Å². The summed E-state index contributed by atoms with van der Waals surface area (Å²) in [5.41, 5.74) is 4.06. The molecule has 1 aromatic carbocycles. The standard InChI is InChI=1S/C28H47N5O2Si/c1-21(2)36(22(3)4,23(5)6)35-19-25-17-29-27-26(15-12-16-34-33(25)8)28(31-20-30-27)32(7)18-24-13-10-9-11-14-24/h9-11,13-14,20-23,25H,12,15-19H2,1-8H3,(H,29,30,31)/t25-/m1/s1. The molecule has 3 rings (SSSR count). The van der Waals surface area contributed by atoms with Crippen LogP contribution >= 0.6 is 0 Å². The van der Waals surface area contributed by atoms with Crippen molar-refractivity contribution in [3.05, 3.63) is 47.8 Å². The third-order valence-corrected chi connectivity index (χ3v) is 13.7. The average Bonchev–Trinajstić information content (AvgIpc) is 2.84. The van der Waals surface area contributed by atoms with Crippen LogP contribution in [-0.2, 0) is 22.2 Å². The number of hydroxylamine groups is 2. The monoisotopic (exact) mass is 513 g/mol. The Labute approximate surface area is 219 Å². The van der Waals surface area contributed by atoms with E-state index < -0.39 is 8.32 Å². The van der Waals surface area contributed by atoms with Crippen LogP contribution in [0.4, 0.5) is 11.6 Å². The van der Waals surface area contributed by atoms with Crippen LogP contribution in [-0.4, -0.2) is 63.2 Å². The molecular formula is C28H47N5O2Si. The van der Waals surface area contributed by atoms with Crippen molar-refractivity contribution in [2.24, 2.45) is 0 Å². The highest BCUT2D eigenvalue weighted by atomic mass is 28.4. The molecule has 1 N–H and O–H groups in total. The van der Waals surface area contributed by atoms with E-state index in [2.05, 4.69) is 93.0 Å². The predicted molar refractivity (Wildman–Crippen MR) is 152 cm³/mol. The van der Waals surface area contributed by atoms with Crippen LogP contribution in [0.1, 0.15) is 59.1 Å². The summed E-state index contributed by atoms with van der Waals surface area (Å²) in [7, 11) is 2.16. The largest absolute Gasteiger partial charge is 0.414 e. The zero-order valence-corrected chi connectivity index (χ0v) is 24.6. The van der Waals surface area contributed by atoms with E-state index in [1.165, 1.54) is 5.56 Å². The second-order valence-corrected chi connectivity index (χ2v) is 16.5. The fourth-order valence-corrected chi connectivity index (χ4v) is 11.3. The fourth-order valence-electron chi connectivity index (χ4n) is 5.86. The number of likely N-dealkylation sites (N-methyl/N-ethyl adjacent to an activating group) is 1. The molecule has 36 heavy (non-hydrogen) atoms. The van der Waals surface area contributed by atoms with Gasteiger partial charge in [-0.25, -0.2) is 9.97 Å². The lowest BCUT2D eigenvalue weighted by Gasteiger charge is -2.43. The van der Waals surface area contributed by atoms with Crippen molar-refractivity contribution in [1.29, 1.82) is 0 Å². The molecule has 1 aliphatic rings. The summed E-state index contributed by atoms with van der Waals surface area (Å²) in [6, 6.07) is 10.6. The summed E-state index contributed by atoms with van der Waals surface area (Å²) in [6.45, 7) is 16.8. The first-order chi connectivity index (χ1) is 17.2. The molecule has 8 heteroatoms. The van der Waals surface area contributed by atoms with Gasteiger partial charge in [0.25, 0.3) is 0 Å². The van der Waals surface area contributed by atoms with Crippen molar-refractivity contribution in [2.75, 3.05) is 44.1 Å².